The van der Waals surface area contributed by atoms with Crippen LogP contribution < -0.4 is 4.90 Å². The van der Waals surface area contributed by atoms with Gasteiger partial charge in [-0.05, 0) is 53.9 Å². The molecule has 0 radical (unpaired) electrons. The van der Waals surface area contributed by atoms with Crippen LogP contribution in [0.15, 0.2) is 67.1 Å². The molecule has 3 aliphatic heterocycles. The van der Waals surface area contributed by atoms with Crippen LogP contribution in [0.3, 0.4) is 0 Å². The van der Waals surface area contributed by atoms with E-state index in [9.17, 15) is 9.18 Å². The van der Waals surface area contributed by atoms with Crippen LogP contribution >= 0.6 is 0 Å². The van der Waals surface area contributed by atoms with Crippen molar-refractivity contribution in [3.63, 3.8) is 0 Å². The average Bonchev–Trinajstić information content (AvgIpc) is 3.56. The molecule has 0 atom stereocenters. The number of benzene rings is 2. The van der Waals surface area contributed by atoms with Crippen molar-refractivity contribution >= 4 is 11.7 Å². The van der Waals surface area contributed by atoms with E-state index in [0.717, 1.165) is 60.9 Å². The summed E-state index contributed by atoms with van der Waals surface area (Å²) in [5.41, 5.74) is 6.80. The molecule has 0 unspecified atom stereocenters. The third-order valence-electron chi connectivity index (χ3n) is 7.89. The number of aliphatic carboxylic acids is 1. The van der Waals surface area contributed by atoms with Crippen LogP contribution in [0, 0.1) is 11.2 Å². The minimum Gasteiger partial charge on any atom is -0.480 e. The Hall–Kier alpha value is -3.91. The van der Waals surface area contributed by atoms with Gasteiger partial charge in [-0.3, -0.25) is 14.3 Å². The van der Waals surface area contributed by atoms with Crippen LogP contribution in [0.2, 0.25) is 0 Å². The Balaban J connectivity index is 1.19. The predicted molar refractivity (Wildman–Crippen MR) is 135 cm³/mol. The molecule has 182 valence electrons. The maximum absolute atomic E-state index is 13.5. The second-order valence-electron chi connectivity index (χ2n) is 10.4. The lowest BCUT2D eigenvalue weighted by atomic mass is 9.79. The number of likely N-dealkylation sites (tertiary alicyclic amines) is 1. The van der Waals surface area contributed by atoms with Gasteiger partial charge in [0, 0.05) is 68.0 Å². The highest BCUT2D eigenvalue weighted by atomic mass is 19.1. The van der Waals surface area contributed by atoms with E-state index in [4.69, 9.17) is 5.11 Å². The summed E-state index contributed by atoms with van der Waals surface area (Å²) >= 11 is 0. The van der Waals surface area contributed by atoms with Crippen LogP contribution in [0.4, 0.5) is 10.1 Å². The van der Waals surface area contributed by atoms with Gasteiger partial charge in [-0.15, -0.1) is 0 Å². The molecule has 0 saturated carbocycles. The first-order chi connectivity index (χ1) is 17.5. The SMILES string of the molecule is O=C(O)CN1CC2(CCN(c3ccc4c(c3)Cn3cc(-c5ccc(F)cc5)cc3-c3nccn3-4)C2)C1. The number of fused-ring (bicyclic) bond motifs is 5. The van der Waals surface area contributed by atoms with Gasteiger partial charge < -0.3 is 14.6 Å². The number of aromatic nitrogens is 3. The second-order valence-corrected chi connectivity index (χ2v) is 10.4. The van der Waals surface area contributed by atoms with Crippen LogP contribution in [0.1, 0.15) is 12.0 Å². The van der Waals surface area contributed by atoms with Gasteiger partial charge >= 0.3 is 5.97 Å². The highest BCUT2D eigenvalue weighted by molar-refractivity contribution is 5.72. The van der Waals surface area contributed by atoms with Crippen molar-refractivity contribution in [2.45, 2.75) is 13.0 Å². The number of rotatable bonds is 4. The molecule has 2 aromatic heterocycles. The number of hydrogen-bond acceptors (Lipinski definition) is 4. The standard InChI is InChI=1S/C28H26FN5O2/c29-22-3-1-19(2-4-22)20-12-25-27-30-8-10-34(27)24-6-5-23(11-21(24)14-33(25)13-20)32-9-7-28(18-32)16-31(17-28)15-26(35)36/h1-6,8,10-13H,7,9,14-18H2,(H,35,36). The van der Waals surface area contributed by atoms with Crippen molar-refractivity contribution in [1.82, 2.24) is 19.0 Å². The third kappa shape index (κ3) is 3.44. The summed E-state index contributed by atoms with van der Waals surface area (Å²) in [6.07, 6.45) is 7.05. The number of imidazole rings is 1. The fourth-order valence-electron chi connectivity index (χ4n) is 6.25. The zero-order valence-corrected chi connectivity index (χ0v) is 19.8. The molecule has 5 heterocycles. The Morgan fingerprint density at radius 1 is 1.06 bits per heavy atom. The fraction of sp³-hybridized carbons (Fsp3) is 0.286. The van der Waals surface area contributed by atoms with E-state index >= 15 is 0 Å². The van der Waals surface area contributed by atoms with E-state index in [1.54, 1.807) is 0 Å². The molecule has 36 heavy (non-hydrogen) atoms. The Bertz CT molecular complexity index is 1480. The number of carboxylic acids is 1. The van der Waals surface area contributed by atoms with E-state index in [2.05, 4.69) is 49.5 Å². The molecular formula is C28H26FN5O2. The highest BCUT2D eigenvalue weighted by Gasteiger charge is 2.48. The lowest BCUT2D eigenvalue weighted by Crippen LogP contribution is -2.58. The van der Waals surface area contributed by atoms with E-state index in [1.165, 1.54) is 23.4 Å². The summed E-state index contributed by atoms with van der Waals surface area (Å²) in [6, 6.07) is 15.4. The molecule has 2 saturated heterocycles. The summed E-state index contributed by atoms with van der Waals surface area (Å²) in [6.45, 7) is 4.51. The first-order valence-corrected chi connectivity index (χ1v) is 12.3. The first kappa shape index (κ1) is 21.4. The van der Waals surface area contributed by atoms with E-state index < -0.39 is 5.97 Å². The van der Waals surface area contributed by atoms with Crippen molar-refractivity contribution in [1.29, 1.82) is 0 Å². The monoisotopic (exact) mass is 483 g/mol. The molecule has 1 spiro atoms. The molecule has 2 fully saturated rings. The zero-order chi connectivity index (χ0) is 24.4. The maximum Gasteiger partial charge on any atom is 0.317 e. The van der Waals surface area contributed by atoms with Gasteiger partial charge in [0.1, 0.15) is 5.82 Å². The van der Waals surface area contributed by atoms with Crippen LogP contribution in [-0.2, 0) is 11.3 Å². The van der Waals surface area contributed by atoms with Gasteiger partial charge in [0.2, 0.25) is 0 Å². The van der Waals surface area contributed by atoms with E-state index in [0.29, 0.717) is 6.54 Å². The highest BCUT2D eigenvalue weighted by Crippen LogP contribution is 2.42. The lowest BCUT2D eigenvalue weighted by molar-refractivity contribution is -0.141. The Morgan fingerprint density at radius 3 is 2.69 bits per heavy atom. The molecule has 2 aromatic carbocycles. The van der Waals surface area contributed by atoms with Crippen molar-refractivity contribution in [2.24, 2.45) is 5.41 Å². The third-order valence-corrected chi connectivity index (χ3v) is 7.89. The van der Waals surface area contributed by atoms with E-state index in [1.807, 2.05) is 29.4 Å². The van der Waals surface area contributed by atoms with Crippen LogP contribution in [-0.4, -0.2) is 62.8 Å². The Morgan fingerprint density at radius 2 is 1.89 bits per heavy atom. The van der Waals surface area contributed by atoms with Crippen LogP contribution in [0.25, 0.3) is 28.3 Å². The number of anilines is 1. The summed E-state index contributed by atoms with van der Waals surface area (Å²) in [4.78, 5) is 20.2. The normalized spacial score (nSPS) is 17.9. The summed E-state index contributed by atoms with van der Waals surface area (Å²) in [5.74, 6) is -0.101. The minimum atomic E-state index is -0.753. The second kappa shape index (κ2) is 7.80. The molecule has 0 aliphatic carbocycles. The first-order valence-electron chi connectivity index (χ1n) is 12.3. The number of hydrogen-bond donors (Lipinski definition) is 1. The molecule has 1 N–H and O–H groups in total. The fourth-order valence-corrected chi connectivity index (χ4v) is 6.25. The molecule has 8 heteroatoms. The van der Waals surface area contributed by atoms with Gasteiger partial charge in [0.05, 0.1) is 17.9 Å². The van der Waals surface area contributed by atoms with Gasteiger partial charge in [-0.2, -0.15) is 0 Å². The predicted octanol–water partition coefficient (Wildman–Crippen LogP) is 4.11. The molecule has 4 aromatic rings. The van der Waals surface area contributed by atoms with Gasteiger partial charge in [0.25, 0.3) is 0 Å². The molecule has 7 rings (SSSR count). The van der Waals surface area contributed by atoms with Crippen molar-refractivity contribution in [2.75, 3.05) is 37.6 Å². The maximum atomic E-state index is 13.5. The summed E-state index contributed by atoms with van der Waals surface area (Å²) < 4.78 is 17.8. The van der Waals surface area contributed by atoms with E-state index in [-0.39, 0.29) is 17.8 Å². The quantitative estimate of drug-likeness (QED) is 0.417. The molecule has 3 aliphatic rings. The van der Waals surface area contributed by atoms with Crippen molar-refractivity contribution in [3.8, 4) is 28.3 Å². The Kier molecular flexibility index (Phi) is 4.63. The lowest BCUT2D eigenvalue weighted by Gasteiger charge is -2.47. The van der Waals surface area contributed by atoms with Gasteiger partial charge in [-0.25, -0.2) is 9.37 Å². The van der Waals surface area contributed by atoms with Gasteiger partial charge in [0.15, 0.2) is 5.82 Å². The summed E-state index contributed by atoms with van der Waals surface area (Å²) in [5, 5.41) is 9.07. The van der Waals surface area contributed by atoms with Gasteiger partial charge in [-0.1, -0.05) is 12.1 Å². The molecule has 0 bridgehead atoms. The topological polar surface area (TPSA) is 66.5 Å². The number of carbonyl (C=O) groups is 1. The largest absolute Gasteiger partial charge is 0.480 e. The summed E-state index contributed by atoms with van der Waals surface area (Å²) in [7, 11) is 0. The molecule has 7 nitrogen and oxygen atoms in total. The Labute approximate surface area is 208 Å². The van der Waals surface area contributed by atoms with Crippen molar-refractivity contribution < 1.29 is 14.3 Å². The number of carboxylic acid groups (broad SMARTS) is 1. The minimum absolute atomic E-state index is 0.132. The average molecular weight is 484 g/mol. The van der Waals surface area contributed by atoms with Crippen molar-refractivity contribution in [3.05, 3.63) is 78.5 Å². The zero-order valence-electron chi connectivity index (χ0n) is 19.8. The molecule has 0 amide bonds. The smallest absolute Gasteiger partial charge is 0.317 e. The number of nitrogens with zero attached hydrogens (tertiary/aromatic N) is 5. The van der Waals surface area contributed by atoms with Crippen LogP contribution in [0.5, 0.6) is 0 Å². The number of halogens is 1. The molecular weight excluding hydrogens is 457 g/mol.